The van der Waals surface area contributed by atoms with Crippen LogP contribution in [0.25, 0.3) is 0 Å². The number of esters is 1. The van der Waals surface area contributed by atoms with Crippen LogP contribution in [0.5, 0.6) is 11.5 Å². The maximum absolute atomic E-state index is 12.3. The van der Waals surface area contributed by atoms with Crippen molar-refractivity contribution in [2.45, 2.75) is 32.3 Å². The molecule has 0 radical (unpaired) electrons. The summed E-state index contributed by atoms with van der Waals surface area (Å²) in [5, 5.41) is 13.4. The summed E-state index contributed by atoms with van der Waals surface area (Å²) in [6.07, 6.45) is 2.03. The Morgan fingerprint density at radius 2 is 1.93 bits per heavy atom. The Morgan fingerprint density at radius 1 is 1.17 bits per heavy atom. The molecule has 9 nitrogen and oxygen atoms in total. The van der Waals surface area contributed by atoms with Crippen molar-refractivity contribution in [2.24, 2.45) is 0 Å². The van der Waals surface area contributed by atoms with Crippen molar-refractivity contribution in [1.82, 2.24) is 0 Å². The summed E-state index contributed by atoms with van der Waals surface area (Å²) in [4.78, 5) is 34.7. The van der Waals surface area contributed by atoms with Gasteiger partial charge in [-0.2, -0.15) is 0 Å². The van der Waals surface area contributed by atoms with Crippen molar-refractivity contribution in [3.05, 3.63) is 57.6 Å². The molecule has 2 aromatic carbocycles. The van der Waals surface area contributed by atoms with Gasteiger partial charge in [0.05, 0.1) is 17.7 Å². The Labute approximate surface area is 173 Å². The van der Waals surface area contributed by atoms with Gasteiger partial charge in [-0.1, -0.05) is 6.07 Å². The number of methoxy groups -OCH3 is 1. The summed E-state index contributed by atoms with van der Waals surface area (Å²) in [5.41, 5.74) is 2.42. The number of non-ortho nitro benzene ring substituents is 1. The molecule has 0 fully saturated rings. The second-order valence-electron chi connectivity index (χ2n) is 6.84. The molecular weight excluding hydrogens is 392 g/mol. The molecule has 3 rings (SSSR count). The van der Waals surface area contributed by atoms with Gasteiger partial charge in [0, 0.05) is 12.1 Å². The zero-order chi connectivity index (χ0) is 21.7. The standard InChI is InChI=1S/C21H22N2O7/c1-13(21(25)22-18-11-16(23(26)27)7-9-19(18)28-2)30-20(24)12-29-17-8-6-14-4-3-5-15(14)10-17/h6-11,13H,3-5,12H2,1-2H3,(H,22,25)/t13-/m1/s1. The first-order valence-corrected chi connectivity index (χ1v) is 9.44. The fraction of sp³-hybridized carbons (Fsp3) is 0.333. The van der Waals surface area contributed by atoms with Gasteiger partial charge in [0.15, 0.2) is 12.7 Å². The average molecular weight is 414 g/mol. The van der Waals surface area contributed by atoms with Crippen molar-refractivity contribution < 1.29 is 28.7 Å². The topological polar surface area (TPSA) is 117 Å². The molecule has 0 heterocycles. The summed E-state index contributed by atoms with van der Waals surface area (Å²) in [5.74, 6) is -0.540. The quantitative estimate of drug-likeness (QED) is 0.401. The number of carbonyl (C=O) groups is 2. The third-order valence-corrected chi connectivity index (χ3v) is 4.76. The first-order chi connectivity index (χ1) is 14.4. The number of carbonyl (C=O) groups excluding carboxylic acids is 2. The third kappa shape index (κ3) is 5.05. The van der Waals surface area contributed by atoms with Gasteiger partial charge in [-0.15, -0.1) is 0 Å². The highest BCUT2D eigenvalue weighted by molar-refractivity contribution is 5.96. The van der Waals surface area contributed by atoms with Crippen molar-refractivity contribution >= 4 is 23.3 Å². The molecule has 0 saturated carbocycles. The molecule has 0 aromatic heterocycles. The number of benzene rings is 2. The predicted octanol–water partition coefficient (Wildman–Crippen LogP) is 3.04. The normalized spacial score (nSPS) is 13.1. The summed E-state index contributed by atoms with van der Waals surface area (Å²) in [6, 6.07) is 9.51. The lowest BCUT2D eigenvalue weighted by Gasteiger charge is -2.15. The minimum Gasteiger partial charge on any atom is -0.495 e. The predicted molar refractivity (Wildman–Crippen MR) is 108 cm³/mol. The fourth-order valence-electron chi connectivity index (χ4n) is 3.21. The molecule has 0 saturated heterocycles. The van der Waals surface area contributed by atoms with Crippen molar-refractivity contribution in [1.29, 1.82) is 0 Å². The Balaban J connectivity index is 1.54. The summed E-state index contributed by atoms with van der Waals surface area (Å²) in [7, 11) is 1.37. The van der Waals surface area contributed by atoms with Crippen LogP contribution in [0.2, 0.25) is 0 Å². The van der Waals surface area contributed by atoms with Gasteiger partial charge in [-0.3, -0.25) is 14.9 Å². The van der Waals surface area contributed by atoms with Gasteiger partial charge in [0.2, 0.25) is 0 Å². The van der Waals surface area contributed by atoms with E-state index >= 15 is 0 Å². The molecule has 1 aliphatic carbocycles. The molecule has 0 spiro atoms. The molecular formula is C21H22N2O7. The highest BCUT2D eigenvalue weighted by atomic mass is 16.6. The molecule has 0 unspecified atom stereocenters. The second kappa shape index (κ2) is 9.25. The van der Waals surface area contributed by atoms with E-state index in [2.05, 4.69) is 5.32 Å². The van der Waals surface area contributed by atoms with Crippen LogP contribution in [-0.4, -0.2) is 36.6 Å². The number of nitro groups is 1. The monoisotopic (exact) mass is 414 g/mol. The van der Waals surface area contributed by atoms with Crippen LogP contribution in [0.4, 0.5) is 11.4 Å². The molecule has 1 amide bonds. The number of fused-ring (bicyclic) bond motifs is 1. The van der Waals surface area contributed by atoms with E-state index in [1.54, 1.807) is 0 Å². The molecule has 9 heteroatoms. The Kier molecular flexibility index (Phi) is 6.51. The lowest BCUT2D eigenvalue weighted by Crippen LogP contribution is -2.31. The SMILES string of the molecule is COc1ccc([N+](=O)[O-])cc1NC(=O)[C@@H](C)OC(=O)COc1ccc2c(c1)CCC2. The first-order valence-electron chi connectivity index (χ1n) is 9.44. The average Bonchev–Trinajstić information content (AvgIpc) is 3.20. The molecule has 0 aliphatic heterocycles. The summed E-state index contributed by atoms with van der Waals surface area (Å²) >= 11 is 0. The number of amides is 1. The van der Waals surface area contributed by atoms with Gasteiger partial charge in [0.25, 0.3) is 11.6 Å². The van der Waals surface area contributed by atoms with E-state index in [9.17, 15) is 19.7 Å². The van der Waals surface area contributed by atoms with E-state index < -0.39 is 22.9 Å². The van der Waals surface area contributed by atoms with Gasteiger partial charge in [-0.05, 0) is 55.5 Å². The molecule has 30 heavy (non-hydrogen) atoms. The highest BCUT2D eigenvalue weighted by Crippen LogP contribution is 2.29. The van der Waals surface area contributed by atoms with Gasteiger partial charge in [0.1, 0.15) is 11.5 Å². The zero-order valence-corrected chi connectivity index (χ0v) is 16.7. The number of nitrogens with one attached hydrogen (secondary N) is 1. The highest BCUT2D eigenvalue weighted by Gasteiger charge is 2.21. The Hall–Kier alpha value is -3.62. The number of hydrogen-bond acceptors (Lipinski definition) is 7. The van der Waals surface area contributed by atoms with E-state index in [4.69, 9.17) is 14.2 Å². The van der Waals surface area contributed by atoms with Crippen LogP contribution >= 0.6 is 0 Å². The number of nitro benzene ring substituents is 1. The number of ether oxygens (including phenoxy) is 3. The van der Waals surface area contributed by atoms with E-state index in [1.165, 1.54) is 43.4 Å². The smallest absolute Gasteiger partial charge is 0.344 e. The number of nitrogens with zero attached hydrogens (tertiary/aromatic N) is 1. The first kappa shape index (κ1) is 21.1. The van der Waals surface area contributed by atoms with Gasteiger partial charge >= 0.3 is 5.97 Å². The lowest BCUT2D eigenvalue weighted by atomic mass is 10.1. The van der Waals surface area contributed by atoms with Gasteiger partial charge < -0.3 is 19.5 Å². The van der Waals surface area contributed by atoms with Crippen LogP contribution in [-0.2, 0) is 27.2 Å². The van der Waals surface area contributed by atoms with Crippen molar-refractivity contribution in [3.8, 4) is 11.5 Å². The third-order valence-electron chi connectivity index (χ3n) is 4.76. The van der Waals surface area contributed by atoms with Crippen LogP contribution in [0.3, 0.4) is 0 Å². The molecule has 2 aromatic rings. The van der Waals surface area contributed by atoms with E-state index in [1.807, 2.05) is 18.2 Å². The summed E-state index contributed by atoms with van der Waals surface area (Å²) in [6.45, 7) is 1.06. The maximum Gasteiger partial charge on any atom is 0.344 e. The molecule has 1 aliphatic rings. The number of rotatable bonds is 8. The molecule has 1 atom stereocenters. The largest absolute Gasteiger partial charge is 0.495 e. The Morgan fingerprint density at radius 3 is 2.67 bits per heavy atom. The van der Waals surface area contributed by atoms with Gasteiger partial charge in [-0.25, -0.2) is 4.79 Å². The zero-order valence-electron chi connectivity index (χ0n) is 16.7. The van der Waals surface area contributed by atoms with Crippen LogP contribution in [0.15, 0.2) is 36.4 Å². The van der Waals surface area contributed by atoms with Crippen molar-refractivity contribution in [2.75, 3.05) is 19.0 Å². The van der Waals surface area contributed by atoms with E-state index in [-0.39, 0.29) is 23.7 Å². The molecule has 158 valence electrons. The lowest BCUT2D eigenvalue weighted by molar-refractivity contribution is -0.384. The van der Waals surface area contributed by atoms with Crippen LogP contribution in [0, 0.1) is 10.1 Å². The second-order valence-corrected chi connectivity index (χ2v) is 6.84. The van der Waals surface area contributed by atoms with Crippen LogP contribution in [0.1, 0.15) is 24.5 Å². The maximum atomic E-state index is 12.3. The number of aryl methyl sites for hydroxylation is 2. The van der Waals surface area contributed by atoms with E-state index in [0.717, 1.165) is 19.3 Å². The molecule has 1 N–H and O–H groups in total. The van der Waals surface area contributed by atoms with E-state index in [0.29, 0.717) is 5.75 Å². The minimum absolute atomic E-state index is 0.106. The minimum atomic E-state index is -1.13. The molecule has 0 bridgehead atoms. The van der Waals surface area contributed by atoms with Crippen molar-refractivity contribution in [3.63, 3.8) is 0 Å². The summed E-state index contributed by atoms with van der Waals surface area (Å²) < 4.78 is 15.7. The number of hydrogen-bond donors (Lipinski definition) is 1. The fourth-order valence-corrected chi connectivity index (χ4v) is 3.21. The Bertz CT molecular complexity index is 974. The number of anilines is 1. The van der Waals surface area contributed by atoms with Crippen LogP contribution < -0.4 is 14.8 Å².